The second-order valence-corrected chi connectivity index (χ2v) is 3.42. The van der Waals surface area contributed by atoms with Crippen molar-refractivity contribution in [3.05, 3.63) is 40.3 Å². The summed E-state index contributed by atoms with van der Waals surface area (Å²) in [6, 6.07) is 8.21. The van der Waals surface area contributed by atoms with Crippen LogP contribution in [0.25, 0.3) is 10.4 Å². The molecular weight excluding hydrogens is 218 g/mol. The minimum atomic E-state index is -0.465. The van der Waals surface area contributed by atoms with Crippen LogP contribution in [-0.2, 0) is 0 Å². The molecule has 1 aromatic rings. The molecule has 0 saturated heterocycles. The topological polar surface area (TPSA) is 105 Å². The molecule has 0 fully saturated rings. The predicted octanol–water partition coefficient (Wildman–Crippen LogP) is 2.25. The van der Waals surface area contributed by atoms with Crippen molar-refractivity contribution >= 4 is 0 Å². The van der Waals surface area contributed by atoms with Crippen molar-refractivity contribution in [2.24, 2.45) is 5.11 Å². The minimum absolute atomic E-state index is 0.138. The van der Waals surface area contributed by atoms with E-state index in [1.54, 1.807) is 24.3 Å². The molecular formula is C11H13N5O. The Morgan fingerprint density at radius 3 is 3.06 bits per heavy atom. The van der Waals surface area contributed by atoms with Gasteiger partial charge in [0.25, 0.3) is 0 Å². The summed E-state index contributed by atoms with van der Waals surface area (Å²) in [5.41, 5.74) is 8.81. The number of aromatic hydroxyl groups is 1. The number of nitrogens with zero attached hydrogens (tertiary/aromatic N) is 4. The van der Waals surface area contributed by atoms with Crippen molar-refractivity contribution in [1.29, 1.82) is 5.26 Å². The lowest BCUT2D eigenvalue weighted by Gasteiger charge is -2.11. The lowest BCUT2D eigenvalue weighted by atomic mass is 10.1. The zero-order valence-corrected chi connectivity index (χ0v) is 9.24. The number of phenols is 1. The van der Waals surface area contributed by atoms with Gasteiger partial charge >= 0.3 is 0 Å². The van der Waals surface area contributed by atoms with Crippen molar-refractivity contribution in [2.45, 2.75) is 12.5 Å². The van der Waals surface area contributed by atoms with E-state index in [4.69, 9.17) is 10.8 Å². The number of hydrogen-bond acceptors (Lipinski definition) is 4. The Bertz CT molecular complexity index is 447. The summed E-state index contributed by atoms with van der Waals surface area (Å²) < 4.78 is 0. The molecule has 1 atom stereocenters. The van der Waals surface area contributed by atoms with Gasteiger partial charge in [-0.2, -0.15) is 5.26 Å². The van der Waals surface area contributed by atoms with Crippen LogP contribution in [-0.4, -0.2) is 18.2 Å². The van der Waals surface area contributed by atoms with Crippen LogP contribution in [0.2, 0.25) is 0 Å². The molecule has 0 aromatic heterocycles. The average Bonchev–Trinajstić information content (AvgIpc) is 2.34. The first-order chi connectivity index (χ1) is 8.27. The van der Waals surface area contributed by atoms with Crippen LogP contribution in [0.5, 0.6) is 5.75 Å². The molecule has 0 amide bonds. The first kappa shape index (κ1) is 12.8. The standard InChI is InChI=1S/C11H13N5O/c12-8-11(14-5-2-6-15-16-13)9-3-1-4-10(17)7-9/h1,3-4,7,11,14,17H,2,5-6H2. The van der Waals surface area contributed by atoms with Crippen molar-refractivity contribution in [3.63, 3.8) is 0 Å². The van der Waals surface area contributed by atoms with Gasteiger partial charge in [0, 0.05) is 11.5 Å². The average molecular weight is 231 g/mol. The first-order valence-electron chi connectivity index (χ1n) is 5.20. The monoisotopic (exact) mass is 231 g/mol. The van der Waals surface area contributed by atoms with Crippen molar-refractivity contribution in [1.82, 2.24) is 5.32 Å². The molecule has 1 aromatic carbocycles. The van der Waals surface area contributed by atoms with Crippen LogP contribution >= 0.6 is 0 Å². The van der Waals surface area contributed by atoms with E-state index in [-0.39, 0.29) is 5.75 Å². The maximum Gasteiger partial charge on any atom is 0.121 e. The van der Waals surface area contributed by atoms with E-state index >= 15 is 0 Å². The molecule has 0 aliphatic heterocycles. The summed E-state index contributed by atoms with van der Waals surface area (Å²) in [7, 11) is 0. The number of phenolic OH excluding ortho intramolecular Hbond substituents is 1. The highest BCUT2D eigenvalue weighted by Gasteiger charge is 2.09. The van der Waals surface area contributed by atoms with E-state index in [0.717, 1.165) is 5.56 Å². The number of azide groups is 1. The predicted molar refractivity (Wildman–Crippen MR) is 63.1 cm³/mol. The number of nitriles is 1. The molecule has 0 heterocycles. The number of rotatable bonds is 6. The fourth-order valence-corrected chi connectivity index (χ4v) is 1.38. The third-order valence-corrected chi connectivity index (χ3v) is 2.18. The Morgan fingerprint density at radius 2 is 2.41 bits per heavy atom. The van der Waals surface area contributed by atoms with Gasteiger partial charge in [-0.15, -0.1) is 0 Å². The van der Waals surface area contributed by atoms with Gasteiger partial charge in [-0.05, 0) is 36.2 Å². The van der Waals surface area contributed by atoms with E-state index in [0.29, 0.717) is 19.5 Å². The van der Waals surface area contributed by atoms with E-state index in [9.17, 15) is 5.11 Å². The Morgan fingerprint density at radius 1 is 1.59 bits per heavy atom. The summed E-state index contributed by atoms with van der Waals surface area (Å²) in [4.78, 5) is 2.64. The van der Waals surface area contributed by atoms with Gasteiger partial charge < -0.3 is 5.11 Å². The van der Waals surface area contributed by atoms with Crippen molar-refractivity contribution in [3.8, 4) is 11.8 Å². The van der Waals surface area contributed by atoms with Crippen molar-refractivity contribution in [2.75, 3.05) is 13.1 Å². The maximum atomic E-state index is 9.31. The Hall–Kier alpha value is -2.22. The summed E-state index contributed by atoms with van der Waals surface area (Å²) in [6.07, 6.45) is 0.668. The Labute approximate surface area is 99.1 Å². The van der Waals surface area contributed by atoms with Gasteiger partial charge in [0.05, 0.1) is 6.07 Å². The number of benzene rings is 1. The van der Waals surface area contributed by atoms with Crippen LogP contribution in [0.3, 0.4) is 0 Å². The molecule has 0 bridgehead atoms. The van der Waals surface area contributed by atoms with Gasteiger partial charge in [-0.3, -0.25) is 5.32 Å². The lowest BCUT2D eigenvalue weighted by Crippen LogP contribution is -2.21. The molecule has 0 aliphatic carbocycles. The molecule has 0 spiro atoms. The van der Waals surface area contributed by atoms with Crippen LogP contribution < -0.4 is 5.32 Å². The summed E-state index contributed by atoms with van der Waals surface area (Å²) >= 11 is 0. The normalized spacial score (nSPS) is 11.2. The van der Waals surface area contributed by atoms with Crippen LogP contribution in [0.15, 0.2) is 29.4 Å². The van der Waals surface area contributed by atoms with E-state index in [1.165, 1.54) is 0 Å². The summed E-state index contributed by atoms with van der Waals surface area (Å²) in [5.74, 6) is 0.138. The Kier molecular flexibility index (Phi) is 5.38. The highest BCUT2D eigenvalue weighted by molar-refractivity contribution is 5.31. The summed E-state index contributed by atoms with van der Waals surface area (Å²) in [6.45, 7) is 0.981. The van der Waals surface area contributed by atoms with Gasteiger partial charge in [-0.1, -0.05) is 17.2 Å². The molecule has 0 aliphatic rings. The maximum absolute atomic E-state index is 9.31. The third kappa shape index (κ3) is 4.43. The summed E-state index contributed by atoms with van der Waals surface area (Å²) in [5, 5.41) is 24.7. The minimum Gasteiger partial charge on any atom is -0.508 e. The molecule has 6 heteroatoms. The van der Waals surface area contributed by atoms with E-state index in [1.807, 2.05) is 0 Å². The largest absolute Gasteiger partial charge is 0.508 e. The molecule has 6 nitrogen and oxygen atoms in total. The van der Waals surface area contributed by atoms with Crippen LogP contribution in [0, 0.1) is 11.3 Å². The second-order valence-electron chi connectivity index (χ2n) is 3.42. The van der Waals surface area contributed by atoms with Crippen LogP contribution in [0.4, 0.5) is 0 Å². The fraction of sp³-hybridized carbons (Fsp3) is 0.364. The number of hydrogen-bond donors (Lipinski definition) is 2. The van der Waals surface area contributed by atoms with E-state index in [2.05, 4.69) is 21.4 Å². The molecule has 0 radical (unpaired) electrons. The van der Waals surface area contributed by atoms with Gasteiger partial charge in [0.15, 0.2) is 0 Å². The smallest absolute Gasteiger partial charge is 0.121 e. The van der Waals surface area contributed by atoms with E-state index < -0.39 is 6.04 Å². The van der Waals surface area contributed by atoms with Crippen molar-refractivity contribution < 1.29 is 5.11 Å². The molecule has 2 N–H and O–H groups in total. The van der Waals surface area contributed by atoms with Gasteiger partial charge in [-0.25, -0.2) is 0 Å². The number of nitrogens with one attached hydrogen (secondary N) is 1. The second kappa shape index (κ2) is 7.12. The molecule has 1 rings (SSSR count). The fourth-order valence-electron chi connectivity index (χ4n) is 1.38. The highest BCUT2D eigenvalue weighted by Crippen LogP contribution is 2.17. The highest BCUT2D eigenvalue weighted by atomic mass is 16.3. The molecule has 1 unspecified atom stereocenters. The molecule has 17 heavy (non-hydrogen) atoms. The lowest BCUT2D eigenvalue weighted by molar-refractivity contribution is 0.473. The first-order valence-corrected chi connectivity index (χ1v) is 5.20. The van der Waals surface area contributed by atoms with Gasteiger partial charge in [0.2, 0.25) is 0 Å². The zero-order valence-electron chi connectivity index (χ0n) is 9.24. The Balaban J connectivity index is 2.49. The molecule has 0 saturated carbocycles. The quantitative estimate of drug-likeness (QED) is 0.339. The molecule has 88 valence electrons. The van der Waals surface area contributed by atoms with Gasteiger partial charge in [0.1, 0.15) is 11.8 Å². The zero-order chi connectivity index (χ0) is 12.5. The third-order valence-electron chi connectivity index (χ3n) is 2.18. The SMILES string of the molecule is N#CC(NCCCN=[N+]=[N-])c1cccc(O)c1. The van der Waals surface area contributed by atoms with Crippen LogP contribution in [0.1, 0.15) is 18.0 Å².